The second-order valence-corrected chi connectivity index (χ2v) is 2.91. The minimum absolute atomic E-state index is 0.0713. The van der Waals surface area contributed by atoms with E-state index >= 15 is 0 Å². The van der Waals surface area contributed by atoms with Gasteiger partial charge >= 0.3 is 5.97 Å². The average molecular weight is 228 g/mol. The summed E-state index contributed by atoms with van der Waals surface area (Å²) in [5.74, 6) is -1.95. The maximum absolute atomic E-state index is 11.2. The molecule has 16 heavy (non-hydrogen) atoms. The van der Waals surface area contributed by atoms with Crippen LogP contribution in [0.1, 0.15) is 19.8 Å². The third-order valence-electron chi connectivity index (χ3n) is 1.61. The van der Waals surface area contributed by atoms with Gasteiger partial charge in [-0.25, -0.2) is 4.79 Å². The quantitative estimate of drug-likeness (QED) is 0.292. The first kappa shape index (κ1) is 14.4. The molecule has 0 bridgehead atoms. The molecule has 0 saturated heterocycles. The maximum Gasteiger partial charge on any atom is 0.373 e. The Kier molecular flexibility index (Phi) is 7.79. The lowest BCUT2D eigenvalue weighted by atomic mass is 10.2. The van der Waals surface area contributed by atoms with Gasteiger partial charge in [0.1, 0.15) is 0 Å². The van der Waals surface area contributed by atoms with E-state index in [0.717, 1.165) is 6.08 Å². The third-order valence-corrected chi connectivity index (χ3v) is 1.61. The van der Waals surface area contributed by atoms with Crippen molar-refractivity contribution < 1.29 is 24.5 Å². The molecule has 90 valence electrons. The molecule has 0 fully saturated rings. The van der Waals surface area contributed by atoms with Crippen LogP contribution in [0.4, 0.5) is 0 Å². The van der Waals surface area contributed by atoms with E-state index in [1.165, 1.54) is 6.08 Å². The van der Waals surface area contributed by atoms with Crippen molar-refractivity contribution in [3.63, 3.8) is 0 Å². The zero-order valence-corrected chi connectivity index (χ0v) is 9.18. The van der Waals surface area contributed by atoms with Crippen LogP contribution in [0.2, 0.25) is 0 Å². The van der Waals surface area contributed by atoms with E-state index < -0.39 is 11.7 Å². The fourth-order valence-corrected chi connectivity index (χ4v) is 0.907. The van der Waals surface area contributed by atoms with Gasteiger partial charge in [0, 0.05) is 12.5 Å². The lowest BCUT2D eigenvalue weighted by Crippen LogP contribution is -2.09. The summed E-state index contributed by atoms with van der Waals surface area (Å²) in [5, 5.41) is 17.6. The molecule has 0 aliphatic heterocycles. The van der Waals surface area contributed by atoms with Crippen molar-refractivity contribution in [2.45, 2.75) is 19.8 Å². The van der Waals surface area contributed by atoms with Crippen molar-refractivity contribution in [3.05, 3.63) is 24.0 Å². The Balaban J connectivity index is 4.05. The molecule has 0 aromatic heterocycles. The summed E-state index contributed by atoms with van der Waals surface area (Å²) in [4.78, 5) is 22.1. The minimum Gasteiger partial charge on any atom is -0.502 e. The van der Waals surface area contributed by atoms with E-state index in [1.54, 1.807) is 13.0 Å². The Morgan fingerprint density at radius 1 is 1.31 bits per heavy atom. The summed E-state index contributed by atoms with van der Waals surface area (Å²) in [5.41, 5.74) is 0. The molecule has 0 aliphatic rings. The first-order valence-electron chi connectivity index (χ1n) is 4.98. The van der Waals surface area contributed by atoms with Gasteiger partial charge in [-0.15, -0.1) is 0 Å². The predicted molar refractivity (Wildman–Crippen MR) is 57.8 cm³/mol. The van der Waals surface area contributed by atoms with Crippen molar-refractivity contribution in [2.24, 2.45) is 0 Å². The number of carbonyl (C=O) groups excluding carboxylic acids is 2. The second-order valence-electron chi connectivity index (χ2n) is 2.91. The van der Waals surface area contributed by atoms with Gasteiger partial charge in [0.2, 0.25) is 5.76 Å². The largest absolute Gasteiger partial charge is 0.502 e. The predicted octanol–water partition coefficient (Wildman–Crippen LogP) is 0.889. The minimum atomic E-state index is -0.901. The van der Waals surface area contributed by atoms with Gasteiger partial charge in [0.05, 0.1) is 13.2 Å². The zero-order valence-electron chi connectivity index (χ0n) is 9.18. The van der Waals surface area contributed by atoms with Gasteiger partial charge in [-0.1, -0.05) is 12.2 Å². The normalized spacial score (nSPS) is 11.8. The molecule has 0 saturated carbocycles. The molecule has 0 atom stereocenters. The number of hydrogen-bond donors (Lipinski definition) is 2. The van der Waals surface area contributed by atoms with E-state index in [0.29, 0.717) is 6.42 Å². The van der Waals surface area contributed by atoms with Gasteiger partial charge in [-0.05, 0) is 13.3 Å². The molecule has 0 aromatic rings. The number of carbonyl (C=O) groups is 2. The van der Waals surface area contributed by atoms with Crippen molar-refractivity contribution in [1.29, 1.82) is 0 Å². The van der Waals surface area contributed by atoms with Crippen molar-refractivity contribution in [3.8, 4) is 0 Å². The summed E-state index contributed by atoms with van der Waals surface area (Å²) in [7, 11) is 0. The summed E-state index contributed by atoms with van der Waals surface area (Å²) < 4.78 is 4.49. The lowest BCUT2D eigenvalue weighted by molar-refractivity contribution is -0.141. The maximum atomic E-state index is 11.2. The zero-order chi connectivity index (χ0) is 12.4. The van der Waals surface area contributed by atoms with Crippen molar-refractivity contribution in [1.82, 2.24) is 0 Å². The molecule has 0 aromatic carbocycles. The number of ether oxygens (including phenoxy) is 1. The lowest BCUT2D eigenvalue weighted by Gasteiger charge is -1.99. The number of rotatable bonds is 7. The number of allylic oxidation sites excluding steroid dienone is 2. The SMILES string of the molecule is CCOC(=O)/C(O)=C/C(=O)CC/C=C/CO. The molecule has 2 N–H and O–H groups in total. The fraction of sp³-hybridized carbons (Fsp3) is 0.455. The van der Waals surface area contributed by atoms with Gasteiger partial charge in [0.15, 0.2) is 5.78 Å². The molecule has 0 heterocycles. The molecule has 0 radical (unpaired) electrons. The molecule has 0 rings (SSSR count). The topological polar surface area (TPSA) is 83.8 Å². The van der Waals surface area contributed by atoms with Crippen LogP contribution >= 0.6 is 0 Å². The van der Waals surface area contributed by atoms with Crippen molar-refractivity contribution in [2.75, 3.05) is 13.2 Å². The molecule has 5 nitrogen and oxygen atoms in total. The van der Waals surface area contributed by atoms with E-state index in [2.05, 4.69) is 4.74 Å². The van der Waals surface area contributed by atoms with E-state index in [4.69, 9.17) is 10.2 Å². The molecule has 5 heteroatoms. The van der Waals surface area contributed by atoms with Crippen LogP contribution in [0, 0.1) is 0 Å². The number of ketones is 1. The highest BCUT2D eigenvalue weighted by Crippen LogP contribution is 1.99. The number of aliphatic hydroxyl groups excluding tert-OH is 2. The van der Waals surface area contributed by atoms with Crippen molar-refractivity contribution >= 4 is 11.8 Å². The van der Waals surface area contributed by atoms with Gasteiger partial charge in [-0.3, -0.25) is 4.79 Å². The monoisotopic (exact) mass is 228 g/mol. The Morgan fingerprint density at radius 2 is 2.00 bits per heavy atom. The average Bonchev–Trinajstić information content (AvgIpc) is 2.24. The first-order valence-corrected chi connectivity index (χ1v) is 4.98. The highest BCUT2D eigenvalue weighted by Gasteiger charge is 2.09. The van der Waals surface area contributed by atoms with Crippen LogP contribution in [-0.2, 0) is 14.3 Å². The van der Waals surface area contributed by atoms with Crippen LogP contribution in [0.3, 0.4) is 0 Å². The standard InChI is InChI=1S/C11H16O5/c1-2-16-11(15)10(14)8-9(13)6-4-3-5-7-12/h3,5,8,12,14H,2,4,6-7H2,1H3/b5-3+,10-8-. The summed E-state index contributed by atoms with van der Waals surface area (Å²) >= 11 is 0. The second kappa shape index (κ2) is 8.67. The Bertz CT molecular complexity index is 291. The van der Waals surface area contributed by atoms with Crippen LogP contribution in [-0.4, -0.2) is 35.2 Å². The van der Waals surface area contributed by atoms with Crippen LogP contribution in [0.5, 0.6) is 0 Å². The molecular weight excluding hydrogens is 212 g/mol. The Morgan fingerprint density at radius 3 is 2.56 bits per heavy atom. The summed E-state index contributed by atoms with van der Waals surface area (Å²) in [6.07, 6.45) is 4.63. The molecule has 0 spiro atoms. The van der Waals surface area contributed by atoms with E-state index in [1.807, 2.05) is 0 Å². The highest BCUT2D eigenvalue weighted by atomic mass is 16.5. The van der Waals surface area contributed by atoms with Gasteiger partial charge in [0.25, 0.3) is 0 Å². The van der Waals surface area contributed by atoms with Crippen LogP contribution in [0.15, 0.2) is 24.0 Å². The smallest absolute Gasteiger partial charge is 0.373 e. The van der Waals surface area contributed by atoms with E-state index in [-0.39, 0.29) is 25.4 Å². The molecule has 0 amide bonds. The Labute approximate surface area is 94.0 Å². The third kappa shape index (κ3) is 6.78. The first-order chi connectivity index (χ1) is 7.61. The molecular formula is C11H16O5. The van der Waals surface area contributed by atoms with Crippen LogP contribution < -0.4 is 0 Å². The van der Waals surface area contributed by atoms with E-state index in [9.17, 15) is 9.59 Å². The summed E-state index contributed by atoms with van der Waals surface area (Å²) in [6.45, 7) is 1.68. The highest BCUT2D eigenvalue weighted by molar-refractivity contribution is 5.97. The van der Waals surface area contributed by atoms with Crippen LogP contribution in [0.25, 0.3) is 0 Å². The molecule has 0 unspecified atom stereocenters. The fourth-order valence-electron chi connectivity index (χ4n) is 0.907. The van der Waals surface area contributed by atoms with Gasteiger partial charge in [-0.2, -0.15) is 0 Å². The number of esters is 1. The van der Waals surface area contributed by atoms with Gasteiger partial charge < -0.3 is 14.9 Å². The number of hydrogen-bond acceptors (Lipinski definition) is 5. The Hall–Kier alpha value is -1.62. The number of aliphatic hydroxyl groups is 2. The summed E-state index contributed by atoms with van der Waals surface area (Å²) in [6, 6.07) is 0. The molecule has 0 aliphatic carbocycles.